The van der Waals surface area contributed by atoms with Crippen molar-refractivity contribution in [3.05, 3.63) is 12.2 Å². The molecule has 31 N–H and O–H groups in total. The van der Waals surface area contributed by atoms with E-state index in [1.54, 1.807) is 0 Å². The number of aliphatic hydroxyl groups is 30. The standard InChI is InChI=1S/C22H42O2.10C3H8O3/c1-2-3-4-5-6-7-8-9-10-11-12-13-14-15-16-17-18-19-20-21-22(23)24;10*4-1-3(6)2-5/h9-10H,2-8,11-21H2,1H3,(H,23,24);10*3-6H,1-2H2/b10-9-;;;;;;;;;;. The Morgan fingerprint density at radius 1 is 0.238 bits per heavy atom. The van der Waals surface area contributed by atoms with Crippen molar-refractivity contribution in [3.8, 4) is 0 Å². The lowest BCUT2D eigenvalue weighted by molar-refractivity contribution is -0.137. The molecule has 0 aliphatic carbocycles. The molecule has 0 aliphatic heterocycles. The van der Waals surface area contributed by atoms with Gasteiger partial charge in [0, 0.05) is 6.42 Å². The van der Waals surface area contributed by atoms with E-state index in [9.17, 15) is 4.79 Å². The third-order valence-corrected chi connectivity index (χ3v) is 8.87. The normalized spacial score (nSPS) is 10.4. The van der Waals surface area contributed by atoms with Gasteiger partial charge in [-0.25, -0.2) is 0 Å². The van der Waals surface area contributed by atoms with E-state index in [0.29, 0.717) is 6.42 Å². The van der Waals surface area contributed by atoms with Crippen LogP contribution in [0.2, 0.25) is 0 Å². The summed E-state index contributed by atoms with van der Waals surface area (Å²) in [6.07, 6.45) is 17.6. The summed E-state index contributed by atoms with van der Waals surface area (Å²) in [5.74, 6) is -0.656. The zero-order valence-corrected chi connectivity index (χ0v) is 49.6. The number of hydrogen-bond donors (Lipinski definition) is 31. The van der Waals surface area contributed by atoms with E-state index in [4.69, 9.17) is 158 Å². The topological polar surface area (TPSA) is 644 Å². The minimum absolute atomic E-state index is 0.340. The Balaban J connectivity index is -0.0000000831. The number of hydrogen-bond acceptors (Lipinski definition) is 31. The van der Waals surface area contributed by atoms with Crippen molar-refractivity contribution in [2.24, 2.45) is 0 Å². The van der Waals surface area contributed by atoms with Crippen molar-refractivity contribution in [1.29, 1.82) is 0 Å². The summed E-state index contributed by atoms with van der Waals surface area (Å²) in [6.45, 7) is -5.02. The molecule has 522 valence electrons. The first-order valence-corrected chi connectivity index (χ1v) is 27.7. The molecule has 0 rings (SSSR count). The van der Waals surface area contributed by atoms with Crippen LogP contribution in [-0.2, 0) is 4.79 Å². The second kappa shape index (κ2) is 103. The van der Waals surface area contributed by atoms with Gasteiger partial charge in [0.25, 0.3) is 0 Å². The molecule has 0 saturated heterocycles. The highest BCUT2D eigenvalue weighted by Gasteiger charge is 2.00. The Morgan fingerprint density at radius 3 is 0.488 bits per heavy atom. The molecular weight excluding hydrogens is 1140 g/mol. The van der Waals surface area contributed by atoms with Gasteiger partial charge in [0.15, 0.2) is 0 Å². The number of carbonyl (C=O) groups is 1. The van der Waals surface area contributed by atoms with E-state index < -0.39 is 67.0 Å². The molecule has 0 saturated carbocycles. The van der Waals surface area contributed by atoms with Gasteiger partial charge in [-0.3, -0.25) is 4.79 Å². The molecule has 0 fully saturated rings. The molecule has 32 nitrogen and oxygen atoms in total. The van der Waals surface area contributed by atoms with Crippen LogP contribution >= 0.6 is 0 Å². The quantitative estimate of drug-likeness (QED) is 0.0201. The number of carboxylic acids is 1. The van der Waals surface area contributed by atoms with E-state index in [1.165, 1.54) is 96.3 Å². The highest BCUT2D eigenvalue weighted by molar-refractivity contribution is 5.66. The molecule has 0 spiro atoms. The van der Waals surface area contributed by atoms with Gasteiger partial charge in [0.05, 0.1) is 132 Å². The fourth-order valence-corrected chi connectivity index (χ4v) is 3.63. The molecule has 0 heterocycles. The molecule has 0 aromatic carbocycles. The van der Waals surface area contributed by atoms with Crippen LogP contribution in [0.25, 0.3) is 0 Å². The van der Waals surface area contributed by atoms with Crippen molar-refractivity contribution in [2.45, 2.75) is 184 Å². The maximum atomic E-state index is 10.4. The summed E-state index contributed by atoms with van der Waals surface area (Å²) in [6, 6.07) is 0. The monoisotopic (exact) mass is 1260 g/mol. The maximum absolute atomic E-state index is 10.4. The van der Waals surface area contributed by atoms with E-state index in [1.807, 2.05) is 0 Å². The minimum atomic E-state index is -0.954. The largest absolute Gasteiger partial charge is 0.481 e. The molecule has 0 aromatic heterocycles. The predicted octanol–water partition coefficient (Wildman–Crippen LogP) is -9.01. The van der Waals surface area contributed by atoms with Gasteiger partial charge in [-0.05, 0) is 32.1 Å². The van der Waals surface area contributed by atoms with Crippen LogP contribution in [0.1, 0.15) is 122 Å². The minimum Gasteiger partial charge on any atom is -0.481 e. The van der Waals surface area contributed by atoms with Crippen LogP contribution in [0, 0.1) is 0 Å². The second-order valence-corrected chi connectivity index (χ2v) is 17.3. The fraction of sp³-hybridized carbons (Fsp3) is 0.942. The zero-order chi connectivity index (χ0) is 67.6. The maximum Gasteiger partial charge on any atom is 0.303 e. The van der Waals surface area contributed by atoms with Crippen LogP contribution in [0.15, 0.2) is 12.2 Å². The van der Waals surface area contributed by atoms with Crippen LogP contribution in [0.5, 0.6) is 0 Å². The van der Waals surface area contributed by atoms with E-state index in [2.05, 4.69) is 19.1 Å². The number of unbranched alkanes of at least 4 members (excludes halogenated alkanes) is 15. The third-order valence-electron chi connectivity index (χ3n) is 8.87. The average molecular weight is 1260 g/mol. The SMILES string of the molecule is CCCCCCCC/C=C\CCCCCCCCCCCC(=O)O.OCC(O)CO.OCC(O)CO.OCC(O)CO.OCC(O)CO.OCC(O)CO.OCC(O)CO.OCC(O)CO.OCC(O)CO.OCC(O)CO.OCC(O)CO. The number of carboxylic acid groups (broad SMARTS) is 1. The Bertz CT molecular complexity index is 862. The van der Waals surface area contributed by atoms with Crippen molar-refractivity contribution < 1.29 is 163 Å². The van der Waals surface area contributed by atoms with E-state index in [-0.39, 0.29) is 132 Å². The van der Waals surface area contributed by atoms with Crippen molar-refractivity contribution in [3.63, 3.8) is 0 Å². The van der Waals surface area contributed by atoms with Crippen molar-refractivity contribution >= 4 is 5.97 Å². The second-order valence-electron chi connectivity index (χ2n) is 17.3. The lowest BCUT2D eigenvalue weighted by atomic mass is 10.1. The van der Waals surface area contributed by atoms with Gasteiger partial charge in [-0.1, -0.05) is 96.1 Å². The number of rotatable bonds is 39. The summed E-state index contributed by atoms with van der Waals surface area (Å²) in [5, 5.41) is 249. The smallest absolute Gasteiger partial charge is 0.303 e. The summed E-state index contributed by atoms with van der Waals surface area (Å²) < 4.78 is 0. The number of allylic oxidation sites excluding steroid dienone is 2. The van der Waals surface area contributed by atoms with Gasteiger partial charge in [-0.15, -0.1) is 0 Å². The van der Waals surface area contributed by atoms with E-state index >= 15 is 0 Å². The van der Waals surface area contributed by atoms with Crippen LogP contribution in [0.3, 0.4) is 0 Å². The third kappa shape index (κ3) is 143. The number of aliphatic hydroxyl groups excluding tert-OH is 30. The highest BCUT2D eigenvalue weighted by atomic mass is 16.4. The molecule has 0 atom stereocenters. The Labute approximate surface area is 496 Å². The first kappa shape index (κ1) is 107. The van der Waals surface area contributed by atoms with Crippen LogP contribution in [0.4, 0.5) is 0 Å². The summed E-state index contributed by atoms with van der Waals surface area (Å²) in [5.41, 5.74) is 0. The Hall–Kier alpha value is -1.99. The summed E-state index contributed by atoms with van der Waals surface area (Å²) in [7, 11) is 0. The van der Waals surface area contributed by atoms with Gasteiger partial charge >= 0.3 is 5.97 Å². The predicted molar refractivity (Wildman–Crippen MR) is 307 cm³/mol. The van der Waals surface area contributed by atoms with Gasteiger partial charge in [0.1, 0.15) is 61.0 Å². The molecule has 0 aromatic rings. The molecule has 0 radical (unpaired) electrons. The lowest BCUT2D eigenvalue weighted by Gasteiger charge is -2.01. The van der Waals surface area contributed by atoms with Crippen LogP contribution < -0.4 is 0 Å². The molecule has 0 unspecified atom stereocenters. The van der Waals surface area contributed by atoms with Crippen molar-refractivity contribution in [1.82, 2.24) is 0 Å². The lowest BCUT2D eigenvalue weighted by Crippen LogP contribution is -2.15. The van der Waals surface area contributed by atoms with Gasteiger partial charge < -0.3 is 158 Å². The Kier molecular flexibility index (Phi) is 131. The molecule has 0 aliphatic rings. The highest BCUT2D eigenvalue weighted by Crippen LogP contribution is 2.12. The molecule has 0 amide bonds. The molecule has 32 heteroatoms. The van der Waals surface area contributed by atoms with E-state index in [0.717, 1.165) is 12.8 Å². The van der Waals surface area contributed by atoms with Gasteiger partial charge in [-0.2, -0.15) is 0 Å². The van der Waals surface area contributed by atoms with Gasteiger partial charge in [0.2, 0.25) is 0 Å². The average Bonchev–Trinajstić information content (AvgIpc) is 3.54. The first-order valence-electron chi connectivity index (χ1n) is 27.7. The molecule has 0 bridgehead atoms. The molecular formula is C52H122O32. The van der Waals surface area contributed by atoms with Crippen LogP contribution in [-0.4, -0.2) is 357 Å². The zero-order valence-electron chi connectivity index (χ0n) is 49.6. The molecule has 84 heavy (non-hydrogen) atoms. The first-order chi connectivity index (χ1) is 39.9. The Morgan fingerprint density at radius 2 is 0.369 bits per heavy atom. The summed E-state index contributed by atoms with van der Waals surface area (Å²) >= 11 is 0. The summed E-state index contributed by atoms with van der Waals surface area (Å²) in [4.78, 5) is 10.4. The fourth-order valence-electron chi connectivity index (χ4n) is 3.63. The van der Waals surface area contributed by atoms with Crippen molar-refractivity contribution in [2.75, 3.05) is 132 Å². The number of aliphatic carboxylic acids is 1.